The van der Waals surface area contributed by atoms with E-state index in [1.807, 2.05) is 4.90 Å². The molecule has 2 rings (SSSR count). The monoisotopic (exact) mass is 239 g/mol. The Bertz CT molecular complexity index is 259. The third kappa shape index (κ3) is 2.57. The molecule has 4 heteroatoms. The molecule has 0 saturated carbocycles. The van der Waals surface area contributed by atoms with Crippen molar-refractivity contribution >= 4 is 6.03 Å². The highest BCUT2D eigenvalue weighted by Crippen LogP contribution is 2.25. The molecule has 2 aliphatic heterocycles. The molecule has 0 aromatic heterocycles. The van der Waals surface area contributed by atoms with Crippen molar-refractivity contribution in [3.05, 3.63) is 0 Å². The van der Waals surface area contributed by atoms with E-state index in [0.717, 1.165) is 32.6 Å². The van der Waals surface area contributed by atoms with Crippen LogP contribution in [0.4, 0.5) is 4.79 Å². The highest BCUT2D eigenvalue weighted by Gasteiger charge is 2.36. The second-order valence-electron chi connectivity index (χ2n) is 5.06. The van der Waals surface area contributed by atoms with Gasteiger partial charge in [-0.25, -0.2) is 4.79 Å². The molecule has 2 fully saturated rings. The minimum atomic E-state index is 0.242. The lowest BCUT2D eigenvalue weighted by Crippen LogP contribution is -2.51. The summed E-state index contributed by atoms with van der Waals surface area (Å²) in [6.07, 6.45) is 4.82. The summed E-state index contributed by atoms with van der Waals surface area (Å²) in [5.74, 6) is 0. The summed E-state index contributed by atoms with van der Waals surface area (Å²) in [5, 5.41) is 3.55. The molecule has 0 radical (unpaired) electrons. The van der Waals surface area contributed by atoms with E-state index in [9.17, 15) is 4.79 Å². The van der Waals surface area contributed by atoms with Gasteiger partial charge in [0.25, 0.3) is 0 Å². The predicted molar refractivity (Wildman–Crippen MR) is 69.1 cm³/mol. The van der Waals surface area contributed by atoms with Crippen molar-refractivity contribution < 1.29 is 4.79 Å². The number of likely N-dealkylation sites (tertiary alicyclic amines) is 1. The first-order valence-electron chi connectivity index (χ1n) is 7.06. The molecule has 17 heavy (non-hydrogen) atoms. The molecular weight excluding hydrogens is 214 g/mol. The summed E-state index contributed by atoms with van der Waals surface area (Å²) in [5.41, 5.74) is 0. The molecule has 4 nitrogen and oxygen atoms in total. The van der Waals surface area contributed by atoms with Crippen LogP contribution in [0.3, 0.4) is 0 Å². The van der Waals surface area contributed by atoms with Crippen LogP contribution in [0, 0.1) is 0 Å². The quantitative estimate of drug-likeness (QED) is 0.813. The maximum Gasteiger partial charge on any atom is 0.320 e. The van der Waals surface area contributed by atoms with E-state index in [1.54, 1.807) is 0 Å². The Morgan fingerprint density at radius 3 is 2.65 bits per heavy atom. The fraction of sp³-hybridized carbons (Fsp3) is 0.923. The standard InChI is InChI=1S/C13H25N3O/c1-3-15(4-2)13(17)16-10-6-8-12(16)11-7-5-9-14-11/h11-12,14H,3-10H2,1-2H3. The van der Waals surface area contributed by atoms with Gasteiger partial charge in [-0.3, -0.25) is 0 Å². The van der Waals surface area contributed by atoms with Gasteiger partial charge < -0.3 is 15.1 Å². The van der Waals surface area contributed by atoms with Gasteiger partial charge in [-0.05, 0) is 46.1 Å². The second kappa shape index (κ2) is 5.71. The Morgan fingerprint density at radius 1 is 1.29 bits per heavy atom. The maximum atomic E-state index is 12.4. The smallest absolute Gasteiger partial charge is 0.320 e. The van der Waals surface area contributed by atoms with Crippen LogP contribution in [0.2, 0.25) is 0 Å². The fourth-order valence-corrected chi connectivity index (χ4v) is 3.16. The van der Waals surface area contributed by atoms with Crippen LogP contribution in [0.5, 0.6) is 0 Å². The molecular formula is C13H25N3O. The molecule has 0 aromatic rings. The molecule has 2 saturated heterocycles. The van der Waals surface area contributed by atoms with Gasteiger partial charge in [-0.2, -0.15) is 0 Å². The van der Waals surface area contributed by atoms with Gasteiger partial charge in [-0.1, -0.05) is 0 Å². The van der Waals surface area contributed by atoms with Crippen molar-refractivity contribution in [3.63, 3.8) is 0 Å². The summed E-state index contributed by atoms with van der Waals surface area (Å²) in [6, 6.07) is 1.22. The van der Waals surface area contributed by atoms with Gasteiger partial charge in [0.15, 0.2) is 0 Å². The number of carbonyl (C=O) groups is 1. The van der Waals surface area contributed by atoms with Crippen LogP contribution in [-0.4, -0.2) is 54.1 Å². The van der Waals surface area contributed by atoms with E-state index in [4.69, 9.17) is 0 Å². The molecule has 2 heterocycles. The van der Waals surface area contributed by atoms with Gasteiger partial charge in [0.1, 0.15) is 0 Å². The zero-order valence-electron chi connectivity index (χ0n) is 11.1. The Morgan fingerprint density at radius 2 is 2.06 bits per heavy atom. The summed E-state index contributed by atoms with van der Waals surface area (Å²) in [4.78, 5) is 16.4. The predicted octanol–water partition coefficient (Wildman–Crippen LogP) is 1.66. The van der Waals surface area contributed by atoms with Crippen molar-refractivity contribution in [2.24, 2.45) is 0 Å². The van der Waals surface area contributed by atoms with E-state index >= 15 is 0 Å². The van der Waals surface area contributed by atoms with Crippen LogP contribution < -0.4 is 5.32 Å². The SMILES string of the molecule is CCN(CC)C(=O)N1CCCC1C1CCCN1. The van der Waals surface area contributed by atoms with E-state index < -0.39 is 0 Å². The van der Waals surface area contributed by atoms with Crippen LogP contribution in [-0.2, 0) is 0 Å². The molecule has 1 N–H and O–H groups in total. The fourth-order valence-electron chi connectivity index (χ4n) is 3.16. The number of carbonyl (C=O) groups excluding carboxylic acids is 1. The van der Waals surface area contributed by atoms with Gasteiger partial charge in [0.2, 0.25) is 0 Å². The third-order valence-corrected chi connectivity index (χ3v) is 4.14. The zero-order valence-corrected chi connectivity index (χ0v) is 11.1. The van der Waals surface area contributed by atoms with E-state index in [0.29, 0.717) is 12.1 Å². The molecule has 2 amide bonds. The number of hydrogen-bond acceptors (Lipinski definition) is 2. The first-order valence-corrected chi connectivity index (χ1v) is 7.06. The summed E-state index contributed by atoms with van der Waals surface area (Å²) in [7, 11) is 0. The molecule has 2 aliphatic rings. The zero-order chi connectivity index (χ0) is 12.3. The van der Waals surface area contributed by atoms with E-state index in [2.05, 4.69) is 24.1 Å². The Labute approximate surface area is 104 Å². The Hall–Kier alpha value is -0.770. The lowest BCUT2D eigenvalue weighted by Gasteiger charge is -2.33. The highest BCUT2D eigenvalue weighted by molar-refractivity contribution is 5.75. The number of nitrogens with one attached hydrogen (secondary N) is 1. The molecule has 0 aromatic carbocycles. The second-order valence-corrected chi connectivity index (χ2v) is 5.06. The maximum absolute atomic E-state index is 12.4. The minimum absolute atomic E-state index is 0.242. The molecule has 0 spiro atoms. The first-order chi connectivity index (χ1) is 8.27. The van der Waals surface area contributed by atoms with Crippen LogP contribution in [0.15, 0.2) is 0 Å². The van der Waals surface area contributed by atoms with Crippen molar-refractivity contribution in [2.75, 3.05) is 26.2 Å². The Kier molecular flexibility index (Phi) is 4.26. The van der Waals surface area contributed by atoms with Gasteiger partial charge in [0.05, 0.1) is 0 Å². The van der Waals surface area contributed by atoms with Crippen molar-refractivity contribution in [2.45, 2.75) is 51.6 Å². The average molecular weight is 239 g/mol. The number of rotatable bonds is 3. The third-order valence-electron chi connectivity index (χ3n) is 4.14. The van der Waals surface area contributed by atoms with Crippen molar-refractivity contribution in [1.29, 1.82) is 0 Å². The lowest BCUT2D eigenvalue weighted by molar-refractivity contribution is 0.144. The summed E-state index contributed by atoms with van der Waals surface area (Å²) < 4.78 is 0. The molecule has 98 valence electrons. The van der Waals surface area contributed by atoms with Gasteiger partial charge in [-0.15, -0.1) is 0 Å². The number of hydrogen-bond donors (Lipinski definition) is 1. The molecule has 0 bridgehead atoms. The minimum Gasteiger partial charge on any atom is -0.325 e. The van der Waals surface area contributed by atoms with Crippen LogP contribution >= 0.6 is 0 Å². The normalized spacial score (nSPS) is 28.7. The first kappa shape index (κ1) is 12.7. The largest absolute Gasteiger partial charge is 0.325 e. The topological polar surface area (TPSA) is 35.6 Å². The Balaban J connectivity index is 2.00. The molecule has 2 atom stereocenters. The average Bonchev–Trinajstić information content (AvgIpc) is 3.01. The summed E-state index contributed by atoms with van der Waals surface area (Å²) in [6.45, 7) is 7.81. The van der Waals surface area contributed by atoms with E-state index in [1.165, 1.54) is 19.3 Å². The van der Waals surface area contributed by atoms with Crippen LogP contribution in [0.1, 0.15) is 39.5 Å². The van der Waals surface area contributed by atoms with Crippen molar-refractivity contribution in [1.82, 2.24) is 15.1 Å². The van der Waals surface area contributed by atoms with Crippen molar-refractivity contribution in [3.8, 4) is 0 Å². The lowest BCUT2D eigenvalue weighted by atomic mass is 10.0. The number of nitrogens with zero attached hydrogens (tertiary/aromatic N) is 2. The van der Waals surface area contributed by atoms with Gasteiger partial charge >= 0.3 is 6.03 Å². The summed E-state index contributed by atoms with van der Waals surface area (Å²) >= 11 is 0. The number of urea groups is 1. The number of amides is 2. The molecule has 0 aliphatic carbocycles. The van der Waals surface area contributed by atoms with Gasteiger partial charge in [0, 0.05) is 31.7 Å². The van der Waals surface area contributed by atoms with E-state index in [-0.39, 0.29) is 6.03 Å². The van der Waals surface area contributed by atoms with Crippen LogP contribution in [0.25, 0.3) is 0 Å². The molecule has 2 unspecified atom stereocenters. The highest BCUT2D eigenvalue weighted by atomic mass is 16.2.